The Labute approximate surface area is 130 Å². The molecule has 1 aromatic heterocycles. The van der Waals surface area contributed by atoms with E-state index in [9.17, 15) is 9.59 Å². The van der Waals surface area contributed by atoms with Crippen molar-refractivity contribution >= 4 is 41.2 Å². The van der Waals surface area contributed by atoms with Crippen LogP contribution in [0, 0.1) is 6.92 Å². The van der Waals surface area contributed by atoms with Crippen molar-refractivity contribution in [2.75, 3.05) is 5.32 Å². The first kappa shape index (κ1) is 15.7. The third-order valence-electron chi connectivity index (χ3n) is 2.25. The van der Waals surface area contributed by atoms with E-state index < -0.39 is 11.9 Å². The molecule has 0 aromatic carbocycles. The number of thioether (sulfide) groups is 2. The summed E-state index contributed by atoms with van der Waals surface area (Å²) in [6, 6.07) is 1.57. The number of rotatable bonds is 4. The fourth-order valence-corrected chi connectivity index (χ4v) is 3.31. The highest BCUT2D eigenvalue weighted by Crippen LogP contribution is 2.40. The quantitative estimate of drug-likeness (QED) is 0.394. The van der Waals surface area contributed by atoms with Gasteiger partial charge >= 0.3 is 5.97 Å². The van der Waals surface area contributed by atoms with E-state index in [-0.39, 0.29) is 17.5 Å². The summed E-state index contributed by atoms with van der Waals surface area (Å²) < 4.78 is 10.6. The van der Waals surface area contributed by atoms with Crippen molar-refractivity contribution in [3.05, 3.63) is 32.5 Å². The maximum atomic E-state index is 12.3. The molecule has 0 bridgehead atoms. The van der Waals surface area contributed by atoms with Crippen LogP contribution in [0.15, 0.2) is 31.2 Å². The number of aromatic nitrogens is 1. The second-order valence-corrected chi connectivity index (χ2v) is 6.49. The Morgan fingerprint density at radius 2 is 2.00 bits per heavy atom. The third-order valence-corrected chi connectivity index (χ3v) is 4.38. The minimum atomic E-state index is -0.651. The Kier molecular flexibility index (Phi) is 5.13. The molecule has 2 heterocycles. The van der Waals surface area contributed by atoms with Crippen LogP contribution >= 0.6 is 23.5 Å². The Bertz CT molecular complexity index is 609. The number of hydrogen-bond acceptors (Lipinski definition) is 7. The molecule has 8 heteroatoms. The van der Waals surface area contributed by atoms with Crippen molar-refractivity contribution in [2.45, 2.75) is 26.9 Å². The van der Waals surface area contributed by atoms with Gasteiger partial charge in [0.25, 0.3) is 5.91 Å². The van der Waals surface area contributed by atoms with Gasteiger partial charge in [-0.2, -0.15) is 0 Å². The van der Waals surface area contributed by atoms with Crippen LogP contribution in [-0.2, 0) is 14.3 Å². The largest absolute Gasteiger partial charge is 0.459 e. The van der Waals surface area contributed by atoms with E-state index in [0.717, 1.165) is 0 Å². The minimum Gasteiger partial charge on any atom is -0.459 e. The number of anilines is 1. The summed E-state index contributed by atoms with van der Waals surface area (Å²) in [4.78, 5) is 24.5. The Morgan fingerprint density at radius 3 is 2.52 bits per heavy atom. The van der Waals surface area contributed by atoms with Crippen LogP contribution in [0.5, 0.6) is 0 Å². The van der Waals surface area contributed by atoms with Gasteiger partial charge in [-0.1, -0.05) is 28.7 Å². The first-order chi connectivity index (χ1) is 9.97. The van der Waals surface area contributed by atoms with Gasteiger partial charge in [-0.15, -0.1) is 0 Å². The van der Waals surface area contributed by atoms with E-state index in [1.54, 1.807) is 37.7 Å². The zero-order valence-corrected chi connectivity index (χ0v) is 13.3. The lowest BCUT2D eigenvalue weighted by Crippen LogP contribution is -2.25. The molecule has 2 rings (SSSR count). The van der Waals surface area contributed by atoms with Gasteiger partial charge in [0.1, 0.15) is 11.3 Å². The molecule has 0 radical (unpaired) electrons. The van der Waals surface area contributed by atoms with E-state index in [2.05, 4.69) is 10.5 Å². The second kappa shape index (κ2) is 6.86. The molecular formula is C13H14N2O4S2. The summed E-state index contributed by atoms with van der Waals surface area (Å²) in [6.07, 6.45) is -0.306. The highest BCUT2D eigenvalue weighted by molar-refractivity contribution is 8.27. The first-order valence-corrected chi connectivity index (χ1v) is 7.91. The predicted octanol–water partition coefficient (Wildman–Crippen LogP) is 3.04. The number of aryl methyl sites for hydroxylation is 1. The molecule has 0 unspecified atom stereocenters. The highest BCUT2D eigenvalue weighted by Gasteiger charge is 2.27. The molecule has 6 nitrogen and oxygen atoms in total. The van der Waals surface area contributed by atoms with E-state index in [1.807, 2.05) is 0 Å². The lowest BCUT2D eigenvalue weighted by atomic mass is 10.3. The molecule has 0 spiro atoms. The number of carbonyl (C=O) groups is 2. The number of esters is 1. The molecule has 0 saturated carbocycles. The number of nitrogens with one attached hydrogen (secondary N) is 1. The lowest BCUT2D eigenvalue weighted by Gasteiger charge is -2.12. The van der Waals surface area contributed by atoms with E-state index in [4.69, 9.17) is 9.26 Å². The Morgan fingerprint density at radius 1 is 1.33 bits per heavy atom. The van der Waals surface area contributed by atoms with Crippen LogP contribution in [0.4, 0.5) is 5.82 Å². The molecule has 21 heavy (non-hydrogen) atoms. The summed E-state index contributed by atoms with van der Waals surface area (Å²) in [5, 5.41) is 9.81. The van der Waals surface area contributed by atoms with Gasteiger partial charge in [0, 0.05) is 6.07 Å². The Hall–Kier alpha value is -1.67. The van der Waals surface area contributed by atoms with Gasteiger partial charge in [-0.05, 0) is 31.6 Å². The van der Waals surface area contributed by atoms with Crippen molar-refractivity contribution in [1.29, 1.82) is 0 Å². The first-order valence-electron chi connectivity index (χ1n) is 6.15. The number of carbonyl (C=O) groups excluding carboxylic acids is 2. The van der Waals surface area contributed by atoms with Crippen LogP contribution in [0.1, 0.15) is 19.6 Å². The van der Waals surface area contributed by atoms with Gasteiger partial charge in [0.2, 0.25) is 0 Å². The third kappa shape index (κ3) is 4.15. The number of amides is 1. The van der Waals surface area contributed by atoms with Gasteiger partial charge in [-0.3, -0.25) is 4.79 Å². The maximum Gasteiger partial charge on any atom is 0.345 e. The van der Waals surface area contributed by atoms with Crippen LogP contribution < -0.4 is 5.32 Å². The standard InChI is InChI=1S/C13H14N2O4S2/c1-7(2)18-12(17)10(13-20-4-5-21-13)11(16)14-9-6-8(3)19-15-9/h4-7H,1-3H3,(H,14,15,16). The number of nitrogens with zero attached hydrogens (tertiary/aromatic N) is 1. The highest BCUT2D eigenvalue weighted by atomic mass is 32.2. The average Bonchev–Trinajstić information content (AvgIpc) is 3.01. The van der Waals surface area contributed by atoms with Crippen molar-refractivity contribution in [1.82, 2.24) is 5.16 Å². The van der Waals surface area contributed by atoms with Gasteiger partial charge in [0.05, 0.1) is 10.3 Å². The average molecular weight is 326 g/mol. The van der Waals surface area contributed by atoms with Crippen molar-refractivity contribution in [2.24, 2.45) is 0 Å². The van der Waals surface area contributed by atoms with Gasteiger partial charge in [-0.25, -0.2) is 4.79 Å². The molecule has 0 aliphatic carbocycles. The van der Waals surface area contributed by atoms with E-state index in [0.29, 0.717) is 10.00 Å². The molecule has 0 saturated heterocycles. The van der Waals surface area contributed by atoms with Crippen molar-refractivity contribution in [3.8, 4) is 0 Å². The predicted molar refractivity (Wildman–Crippen MR) is 82.4 cm³/mol. The van der Waals surface area contributed by atoms with Crippen LogP contribution in [0.2, 0.25) is 0 Å². The fraction of sp³-hybridized carbons (Fsp3) is 0.308. The Balaban J connectivity index is 2.21. The molecule has 112 valence electrons. The van der Waals surface area contributed by atoms with Crippen LogP contribution in [0.25, 0.3) is 0 Å². The monoisotopic (exact) mass is 326 g/mol. The zero-order chi connectivity index (χ0) is 15.4. The summed E-state index contributed by atoms with van der Waals surface area (Å²) in [7, 11) is 0. The van der Waals surface area contributed by atoms with Gasteiger partial charge in [0.15, 0.2) is 5.82 Å². The zero-order valence-electron chi connectivity index (χ0n) is 11.7. The summed E-state index contributed by atoms with van der Waals surface area (Å²) in [6.45, 7) is 5.17. The van der Waals surface area contributed by atoms with Crippen molar-refractivity contribution in [3.63, 3.8) is 0 Å². The minimum absolute atomic E-state index is 0.0237. The summed E-state index contributed by atoms with van der Waals surface area (Å²) in [5.41, 5.74) is -0.0237. The summed E-state index contributed by atoms with van der Waals surface area (Å²) >= 11 is 2.61. The lowest BCUT2D eigenvalue weighted by molar-refractivity contribution is -0.143. The number of ether oxygens (including phenoxy) is 1. The topological polar surface area (TPSA) is 81.4 Å². The number of hydrogen-bond donors (Lipinski definition) is 1. The molecule has 1 aliphatic heterocycles. The van der Waals surface area contributed by atoms with Crippen LogP contribution in [-0.4, -0.2) is 23.1 Å². The van der Waals surface area contributed by atoms with Crippen molar-refractivity contribution < 1.29 is 18.8 Å². The van der Waals surface area contributed by atoms with Gasteiger partial charge < -0.3 is 14.6 Å². The molecule has 0 atom stereocenters. The normalized spacial score (nSPS) is 13.6. The second-order valence-electron chi connectivity index (χ2n) is 4.40. The van der Waals surface area contributed by atoms with Crippen LogP contribution in [0.3, 0.4) is 0 Å². The SMILES string of the molecule is Cc1cc(NC(=O)C(C(=O)OC(C)C)=C2SC=CS2)no1. The fourth-order valence-electron chi connectivity index (χ4n) is 1.47. The van der Waals surface area contributed by atoms with E-state index >= 15 is 0 Å². The molecule has 1 N–H and O–H groups in total. The molecule has 1 aromatic rings. The van der Waals surface area contributed by atoms with E-state index in [1.165, 1.54) is 23.5 Å². The molecular weight excluding hydrogens is 312 g/mol. The molecule has 0 fully saturated rings. The molecule has 1 amide bonds. The maximum absolute atomic E-state index is 12.3. The summed E-state index contributed by atoms with van der Waals surface area (Å²) in [5.74, 6) is -0.390. The molecule has 1 aliphatic rings. The smallest absolute Gasteiger partial charge is 0.345 e.